The van der Waals surface area contributed by atoms with E-state index in [2.05, 4.69) is 44.7 Å². The molecule has 0 radical (unpaired) electrons. The summed E-state index contributed by atoms with van der Waals surface area (Å²) in [6, 6.07) is 14.7. The molecule has 0 unspecified atom stereocenters. The Morgan fingerprint density at radius 2 is 1.50 bits per heavy atom. The highest BCUT2D eigenvalue weighted by atomic mass is 16.3. The summed E-state index contributed by atoms with van der Waals surface area (Å²) in [7, 11) is 0. The molecule has 0 saturated carbocycles. The molecule has 5 heterocycles. The Morgan fingerprint density at radius 1 is 0.731 bits per heavy atom. The largest absolute Gasteiger partial charge is 0.455 e. The van der Waals surface area contributed by atoms with Crippen molar-refractivity contribution in [1.29, 1.82) is 0 Å². The van der Waals surface area contributed by atoms with Gasteiger partial charge in [-0.1, -0.05) is 18.2 Å². The van der Waals surface area contributed by atoms with Gasteiger partial charge in [0.05, 0.1) is 34.3 Å². The van der Waals surface area contributed by atoms with Gasteiger partial charge in [-0.25, -0.2) is 0 Å². The minimum atomic E-state index is 0.923. The van der Waals surface area contributed by atoms with Crippen LogP contribution in [0.15, 0.2) is 71.7 Å². The predicted molar refractivity (Wildman–Crippen MR) is 104 cm³/mol. The molecule has 120 valence electrons. The molecule has 0 aliphatic rings. The number of para-hydroxylation sites is 1. The van der Waals surface area contributed by atoms with Crippen molar-refractivity contribution < 1.29 is 4.42 Å². The average Bonchev–Trinajstić information content (AvgIpc) is 3.33. The fourth-order valence-corrected chi connectivity index (χ4v) is 4.48. The number of aromatic nitrogens is 3. The standard InChI is InChI=1S/C22H11N3O/c1-2-4-19-13(3-1)16-9-15-12-5-7-23-10-17(12)25-18-11-24-8-6-14(18)20(21(15)25)22(16)26-19/h1-11H. The van der Waals surface area contributed by atoms with Crippen molar-refractivity contribution in [2.45, 2.75) is 0 Å². The maximum atomic E-state index is 6.32. The van der Waals surface area contributed by atoms with E-state index in [1.54, 1.807) is 0 Å². The molecule has 7 aromatic rings. The quantitative estimate of drug-likeness (QED) is 0.367. The zero-order valence-corrected chi connectivity index (χ0v) is 13.6. The SMILES string of the molecule is c1ccc2c(c1)oc1c2cc2c3ccncc3n3c4cnccc4c1c23. The van der Waals surface area contributed by atoms with Crippen LogP contribution in [-0.2, 0) is 0 Å². The van der Waals surface area contributed by atoms with Crippen molar-refractivity contribution in [2.24, 2.45) is 0 Å². The van der Waals surface area contributed by atoms with E-state index >= 15 is 0 Å². The molecule has 26 heavy (non-hydrogen) atoms. The number of nitrogens with zero attached hydrogens (tertiary/aromatic N) is 3. The van der Waals surface area contributed by atoms with Crippen LogP contribution < -0.4 is 0 Å². The van der Waals surface area contributed by atoms with Gasteiger partial charge in [-0.15, -0.1) is 0 Å². The van der Waals surface area contributed by atoms with Crippen molar-refractivity contribution in [3.8, 4) is 0 Å². The number of rotatable bonds is 0. The monoisotopic (exact) mass is 333 g/mol. The highest BCUT2D eigenvalue weighted by molar-refractivity contribution is 6.32. The lowest BCUT2D eigenvalue weighted by Gasteiger charge is -1.97. The molecular formula is C22H11N3O. The second-order valence-corrected chi connectivity index (χ2v) is 6.74. The van der Waals surface area contributed by atoms with Gasteiger partial charge in [0.2, 0.25) is 0 Å². The molecule has 0 aliphatic heterocycles. The third-order valence-corrected chi connectivity index (χ3v) is 5.51. The van der Waals surface area contributed by atoms with Gasteiger partial charge in [0.1, 0.15) is 11.2 Å². The molecule has 0 aliphatic carbocycles. The van der Waals surface area contributed by atoms with E-state index in [-0.39, 0.29) is 0 Å². The molecule has 0 fully saturated rings. The number of benzene rings is 2. The lowest BCUT2D eigenvalue weighted by Crippen LogP contribution is -1.81. The summed E-state index contributed by atoms with van der Waals surface area (Å²) < 4.78 is 8.59. The van der Waals surface area contributed by atoms with E-state index in [9.17, 15) is 0 Å². The average molecular weight is 333 g/mol. The first-order chi connectivity index (χ1) is 12.9. The zero-order valence-electron chi connectivity index (χ0n) is 13.6. The minimum Gasteiger partial charge on any atom is -0.455 e. The van der Waals surface area contributed by atoms with Crippen LogP contribution >= 0.6 is 0 Å². The molecule has 5 aromatic heterocycles. The number of pyridine rings is 2. The Kier molecular flexibility index (Phi) is 2.00. The van der Waals surface area contributed by atoms with Gasteiger partial charge in [0.25, 0.3) is 0 Å². The van der Waals surface area contributed by atoms with Gasteiger partial charge < -0.3 is 8.82 Å². The molecule has 0 saturated heterocycles. The van der Waals surface area contributed by atoms with Gasteiger partial charge in [-0.05, 0) is 24.3 Å². The van der Waals surface area contributed by atoms with Crippen molar-refractivity contribution in [3.63, 3.8) is 0 Å². The fraction of sp³-hybridized carbons (Fsp3) is 0. The molecule has 0 atom stereocenters. The van der Waals surface area contributed by atoms with Crippen molar-refractivity contribution in [2.75, 3.05) is 0 Å². The van der Waals surface area contributed by atoms with Crippen LogP contribution in [0.3, 0.4) is 0 Å². The summed E-state index contributed by atoms with van der Waals surface area (Å²) in [5.41, 5.74) is 5.24. The summed E-state index contributed by atoms with van der Waals surface area (Å²) in [5, 5.41) is 7.06. The first kappa shape index (κ1) is 12.7. The maximum Gasteiger partial charge on any atom is 0.145 e. The number of hydrogen-bond acceptors (Lipinski definition) is 3. The Balaban J connectivity index is 1.96. The topological polar surface area (TPSA) is 43.3 Å². The number of furan rings is 1. The van der Waals surface area contributed by atoms with Crippen LogP contribution in [0, 0.1) is 0 Å². The van der Waals surface area contributed by atoms with Gasteiger partial charge in [0, 0.05) is 39.3 Å². The number of hydrogen-bond donors (Lipinski definition) is 0. The van der Waals surface area contributed by atoms with E-state index in [4.69, 9.17) is 4.42 Å². The molecule has 7 rings (SSSR count). The Labute approximate surface area is 146 Å². The fourth-order valence-electron chi connectivity index (χ4n) is 4.48. The van der Waals surface area contributed by atoms with Crippen LogP contribution in [-0.4, -0.2) is 14.4 Å². The lowest BCUT2D eigenvalue weighted by atomic mass is 10.0. The van der Waals surface area contributed by atoms with E-state index in [1.165, 1.54) is 16.3 Å². The van der Waals surface area contributed by atoms with Crippen molar-refractivity contribution >= 4 is 60.0 Å². The molecule has 0 spiro atoms. The molecule has 4 nitrogen and oxygen atoms in total. The second-order valence-electron chi connectivity index (χ2n) is 6.74. The first-order valence-corrected chi connectivity index (χ1v) is 8.59. The molecule has 0 bridgehead atoms. The summed E-state index contributed by atoms with van der Waals surface area (Å²) in [6.45, 7) is 0. The van der Waals surface area contributed by atoms with Gasteiger partial charge in [-0.2, -0.15) is 0 Å². The van der Waals surface area contributed by atoms with E-state index in [0.717, 1.165) is 43.7 Å². The molecule has 2 aromatic carbocycles. The van der Waals surface area contributed by atoms with Crippen molar-refractivity contribution in [1.82, 2.24) is 14.4 Å². The third-order valence-electron chi connectivity index (χ3n) is 5.51. The Hall–Kier alpha value is -3.66. The lowest BCUT2D eigenvalue weighted by molar-refractivity contribution is 0.673. The van der Waals surface area contributed by atoms with Crippen molar-refractivity contribution in [3.05, 3.63) is 67.3 Å². The van der Waals surface area contributed by atoms with E-state index < -0.39 is 0 Å². The van der Waals surface area contributed by atoms with Crippen LogP contribution in [0.25, 0.3) is 60.0 Å². The highest BCUT2D eigenvalue weighted by Gasteiger charge is 2.22. The normalized spacial score (nSPS) is 12.6. The Morgan fingerprint density at radius 3 is 2.38 bits per heavy atom. The molecular weight excluding hydrogens is 322 g/mol. The van der Waals surface area contributed by atoms with Crippen LogP contribution in [0.5, 0.6) is 0 Å². The maximum absolute atomic E-state index is 6.32. The molecule has 4 heteroatoms. The van der Waals surface area contributed by atoms with E-state index in [1.807, 2.05) is 36.9 Å². The third kappa shape index (κ3) is 1.27. The van der Waals surface area contributed by atoms with Crippen LogP contribution in [0.1, 0.15) is 0 Å². The van der Waals surface area contributed by atoms with Gasteiger partial charge in [-0.3, -0.25) is 9.97 Å². The van der Waals surface area contributed by atoms with Crippen LogP contribution in [0.2, 0.25) is 0 Å². The summed E-state index contributed by atoms with van der Waals surface area (Å²) >= 11 is 0. The molecule has 0 amide bonds. The summed E-state index contributed by atoms with van der Waals surface area (Å²) in [6.07, 6.45) is 7.56. The van der Waals surface area contributed by atoms with Gasteiger partial charge >= 0.3 is 0 Å². The van der Waals surface area contributed by atoms with Gasteiger partial charge in [0.15, 0.2) is 0 Å². The first-order valence-electron chi connectivity index (χ1n) is 8.59. The predicted octanol–water partition coefficient (Wildman–Crippen LogP) is 5.53. The minimum absolute atomic E-state index is 0.923. The zero-order chi connectivity index (χ0) is 16.8. The summed E-state index contributed by atoms with van der Waals surface area (Å²) in [4.78, 5) is 8.72. The number of fused-ring (bicyclic) bond motifs is 10. The second kappa shape index (κ2) is 4.11. The molecule has 0 N–H and O–H groups in total. The highest BCUT2D eigenvalue weighted by Crippen LogP contribution is 2.44. The van der Waals surface area contributed by atoms with E-state index in [0.29, 0.717) is 0 Å². The Bertz CT molecular complexity index is 1640. The smallest absolute Gasteiger partial charge is 0.145 e. The van der Waals surface area contributed by atoms with Crippen LogP contribution in [0.4, 0.5) is 0 Å². The summed E-state index contributed by atoms with van der Waals surface area (Å²) in [5.74, 6) is 0.